The molecule has 0 aliphatic rings. The van der Waals surface area contributed by atoms with Crippen molar-refractivity contribution in [1.29, 1.82) is 0 Å². The number of hydrogen-bond acceptors (Lipinski definition) is 4. The Morgan fingerprint density at radius 2 is 1.88 bits per heavy atom. The Balaban J connectivity index is 1.50. The normalized spacial score (nSPS) is 10.9. The molecule has 25 heavy (non-hydrogen) atoms. The molecule has 0 atom stereocenters. The zero-order valence-electron chi connectivity index (χ0n) is 13.7. The Bertz CT molecular complexity index is 987. The van der Waals surface area contributed by atoms with E-state index >= 15 is 0 Å². The molecule has 6 nitrogen and oxygen atoms in total. The van der Waals surface area contributed by atoms with Gasteiger partial charge in [0.05, 0.1) is 11.9 Å². The topological polar surface area (TPSA) is 64.2 Å². The second-order valence-corrected chi connectivity index (χ2v) is 5.78. The van der Waals surface area contributed by atoms with Gasteiger partial charge in [0, 0.05) is 25.4 Å². The van der Waals surface area contributed by atoms with Gasteiger partial charge in [-0.3, -0.25) is 4.79 Å². The molecule has 0 unspecified atom stereocenters. The van der Waals surface area contributed by atoms with Gasteiger partial charge >= 0.3 is 5.91 Å². The van der Waals surface area contributed by atoms with E-state index < -0.39 is 0 Å². The molecular formula is C19H16N4O2. The number of carbonyl (C=O) groups is 1. The first-order chi connectivity index (χ1) is 12.2. The Morgan fingerprint density at radius 1 is 1.12 bits per heavy atom. The van der Waals surface area contributed by atoms with Gasteiger partial charge in [0.15, 0.2) is 5.58 Å². The van der Waals surface area contributed by atoms with Crippen molar-refractivity contribution in [1.82, 2.24) is 19.7 Å². The number of para-hydroxylation sites is 3. The van der Waals surface area contributed by atoms with Crippen LogP contribution in [0.3, 0.4) is 0 Å². The predicted molar refractivity (Wildman–Crippen MR) is 93.4 cm³/mol. The maximum atomic E-state index is 12.5. The molecule has 124 valence electrons. The van der Waals surface area contributed by atoms with E-state index in [9.17, 15) is 4.79 Å². The summed E-state index contributed by atoms with van der Waals surface area (Å²) in [5.41, 5.74) is 3.18. The van der Waals surface area contributed by atoms with Crippen molar-refractivity contribution < 1.29 is 9.21 Å². The highest BCUT2D eigenvalue weighted by molar-refractivity contribution is 5.92. The first-order valence-corrected chi connectivity index (χ1v) is 7.91. The summed E-state index contributed by atoms with van der Waals surface area (Å²) in [4.78, 5) is 18.4. The van der Waals surface area contributed by atoms with Crippen LogP contribution in [0.5, 0.6) is 0 Å². The molecule has 0 saturated heterocycles. The van der Waals surface area contributed by atoms with Crippen molar-refractivity contribution in [2.75, 3.05) is 7.05 Å². The second-order valence-electron chi connectivity index (χ2n) is 5.78. The van der Waals surface area contributed by atoms with E-state index in [4.69, 9.17) is 4.42 Å². The largest absolute Gasteiger partial charge is 0.432 e. The maximum absolute atomic E-state index is 12.5. The molecule has 0 radical (unpaired) electrons. The Kier molecular flexibility index (Phi) is 3.78. The lowest BCUT2D eigenvalue weighted by atomic mass is 10.3. The van der Waals surface area contributed by atoms with Crippen molar-refractivity contribution in [2.45, 2.75) is 6.54 Å². The molecule has 0 bridgehead atoms. The van der Waals surface area contributed by atoms with E-state index in [2.05, 4.69) is 10.1 Å². The first kappa shape index (κ1) is 15.1. The maximum Gasteiger partial charge on any atom is 0.309 e. The van der Waals surface area contributed by atoms with Crippen LogP contribution in [0.4, 0.5) is 0 Å². The lowest BCUT2D eigenvalue weighted by Crippen LogP contribution is -2.26. The number of carbonyl (C=O) groups excluding carboxylic acids is 1. The van der Waals surface area contributed by atoms with Crippen molar-refractivity contribution in [2.24, 2.45) is 0 Å². The number of rotatable bonds is 4. The molecule has 2 aromatic heterocycles. The summed E-state index contributed by atoms with van der Waals surface area (Å²) in [6.07, 6.45) is 3.66. The lowest BCUT2D eigenvalue weighted by molar-refractivity contribution is 0.0748. The van der Waals surface area contributed by atoms with Crippen LogP contribution in [0.2, 0.25) is 0 Å². The van der Waals surface area contributed by atoms with Crippen molar-refractivity contribution in [3.05, 3.63) is 78.4 Å². The van der Waals surface area contributed by atoms with Crippen molar-refractivity contribution in [3.8, 4) is 5.69 Å². The van der Waals surface area contributed by atoms with Gasteiger partial charge in [0.25, 0.3) is 5.89 Å². The van der Waals surface area contributed by atoms with Crippen LogP contribution in [-0.4, -0.2) is 32.6 Å². The highest BCUT2D eigenvalue weighted by Crippen LogP contribution is 2.17. The predicted octanol–water partition coefficient (Wildman–Crippen LogP) is 3.29. The van der Waals surface area contributed by atoms with Crippen molar-refractivity contribution >= 4 is 17.0 Å². The van der Waals surface area contributed by atoms with Crippen LogP contribution < -0.4 is 0 Å². The number of benzene rings is 2. The molecule has 4 aromatic rings. The molecular weight excluding hydrogens is 316 g/mol. The average Bonchev–Trinajstić information content (AvgIpc) is 3.28. The van der Waals surface area contributed by atoms with Gasteiger partial charge in [-0.05, 0) is 24.3 Å². The van der Waals surface area contributed by atoms with Gasteiger partial charge in [-0.1, -0.05) is 30.3 Å². The highest BCUT2D eigenvalue weighted by Gasteiger charge is 2.19. The van der Waals surface area contributed by atoms with E-state index in [1.54, 1.807) is 28.9 Å². The highest BCUT2D eigenvalue weighted by atomic mass is 16.4. The molecule has 0 N–H and O–H groups in total. The monoisotopic (exact) mass is 332 g/mol. The molecule has 0 aliphatic carbocycles. The number of hydrogen-bond donors (Lipinski definition) is 0. The van der Waals surface area contributed by atoms with Crippen LogP contribution in [-0.2, 0) is 6.54 Å². The van der Waals surface area contributed by atoms with E-state index in [1.165, 1.54) is 0 Å². The fraction of sp³-hybridized carbons (Fsp3) is 0.105. The Labute approximate surface area is 144 Å². The molecule has 0 saturated carbocycles. The third-order valence-electron chi connectivity index (χ3n) is 3.90. The molecule has 0 spiro atoms. The molecule has 4 rings (SSSR count). The third-order valence-corrected chi connectivity index (χ3v) is 3.90. The smallest absolute Gasteiger partial charge is 0.309 e. The molecule has 2 heterocycles. The summed E-state index contributed by atoms with van der Waals surface area (Å²) in [7, 11) is 1.72. The van der Waals surface area contributed by atoms with Crippen molar-refractivity contribution in [3.63, 3.8) is 0 Å². The summed E-state index contributed by atoms with van der Waals surface area (Å²) in [5, 5.41) is 4.35. The summed E-state index contributed by atoms with van der Waals surface area (Å²) in [6, 6.07) is 17.2. The van der Waals surface area contributed by atoms with Crippen LogP contribution in [0.15, 0.2) is 71.4 Å². The van der Waals surface area contributed by atoms with E-state index in [1.807, 2.05) is 54.7 Å². The molecule has 6 heteroatoms. The number of nitrogens with zero attached hydrogens (tertiary/aromatic N) is 4. The van der Waals surface area contributed by atoms with Gasteiger partial charge in [-0.15, -0.1) is 0 Å². The van der Waals surface area contributed by atoms with Crippen LogP contribution >= 0.6 is 0 Å². The quantitative estimate of drug-likeness (QED) is 0.575. The van der Waals surface area contributed by atoms with Crippen LogP contribution in [0.1, 0.15) is 16.2 Å². The van der Waals surface area contributed by atoms with E-state index in [0.29, 0.717) is 17.6 Å². The Hall–Kier alpha value is -3.41. The standard InChI is InChI=1S/C19H16N4O2/c1-22(19(24)18-21-16-9-5-6-10-17(16)25-18)12-14-11-20-23(13-14)15-7-3-2-4-8-15/h2-11,13H,12H2,1H3. The van der Waals surface area contributed by atoms with Gasteiger partial charge in [0.2, 0.25) is 0 Å². The second kappa shape index (κ2) is 6.24. The molecule has 0 fully saturated rings. The third kappa shape index (κ3) is 3.01. The average molecular weight is 332 g/mol. The first-order valence-electron chi connectivity index (χ1n) is 7.91. The summed E-state index contributed by atoms with van der Waals surface area (Å²) in [5.74, 6) is -0.164. The minimum Gasteiger partial charge on any atom is -0.432 e. The van der Waals surface area contributed by atoms with Gasteiger partial charge in [0.1, 0.15) is 5.52 Å². The fourth-order valence-corrected chi connectivity index (χ4v) is 2.64. The number of amides is 1. The van der Waals surface area contributed by atoms with Crippen LogP contribution in [0, 0.1) is 0 Å². The molecule has 0 aliphatic heterocycles. The SMILES string of the molecule is CN(Cc1cnn(-c2ccccc2)c1)C(=O)c1nc2ccccc2o1. The zero-order valence-corrected chi connectivity index (χ0v) is 13.7. The van der Waals surface area contributed by atoms with E-state index in [-0.39, 0.29) is 11.8 Å². The minimum atomic E-state index is -0.260. The van der Waals surface area contributed by atoms with E-state index in [0.717, 1.165) is 11.3 Å². The van der Waals surface area contributed by atoms with Crippen LogP contribution in [0.25, 0.3) is 16.8 Å². The lowest BCUT2D eigenvalue weighted by Gasteiger charge is -2.13. The van der Waals surface area contributed by atoms with Gasteiger partial charge in [-0.25, -0.2) is 9.67 Å². The summed E-state index contributed by atoms with van der Waals surface area (Å²) in [6.45, 7) is 0.421. The number of oxazole rings is 1. The molecule has 1 amide bonds. The number of aromatic nitrogens is 3. The summed E-state index contributed by atoms with van der Waals surface area (Å²) >= 11 is 0. The summed E-state index contributed by atoms with van der Waals surface area (Å²) < 4.78 is 7.32. The Morgan fingerprint density at radius 3 is 2.68 bits per heavy atom. The molecule has 2 aromatic carbocycles. The minimum absolute atomic E-state index is 0.0964. The van der Waals surface area contributed by atoms with Gasteiger partial charge < -0.3 is 9.32 Å². The number of fused-ring (bicyclic) bond motifs is 1. The van der Waals surface area contributed by atoms with Gasteiger partial charge in [-0.2, -0.15) is 5.10 Å². The fourth-order valence-electron chi connectivity index (χ4n) is 2.64. The zero-order chi connectivity index (χ0) is 17.2.